The van der Waals surface area contributed by atoms with Gasteiger partial charge in [0.25, 0.3) is 5.91 Å². The lowest BCUT2D eigenvalue weighted by Crippen LogP contribution is -2.20. The lowest BCUT2D eigenvalue weighted by atomic mass is 9.85. The first-order chi connectivity index (χ1) is 26.2. The quantitative estimate of drug-likeness (QED) is 0.146. The number of benzene rings is 6. The summed E-state index contributed by atoms with van der Waals surface area (Å²) >= 11 is 0. The van der Waals surface area contributed by atoms with Gasteiger partial charge in [-0.05, 0) is 69.3 Å². The molecule has 0 aliphatic heterocycles. The van der Waals surface area contributed by atoms with Crippen molar-refractivity contribution in [1.29, 1.82) is 0 Å². The minimum absolute atomic E-state index is 0.161. The Bertz CT molecular complexity index is 2530. The van der Waals surface area contributed by atoms with E-state index >= 15 is 0 Å². The summed E-state index contributed by atoms with van der Waals surface area (Å²) in [6, 6.07) is 59.7. The molecule has 0 bridgehead atoms. The highest BCUT2D eigenvalue weighted by Crippen LogP contribution is 2.37. The van der Waals surface area contributed by atoms with Crippen molar-refractivity contribution in [3.05, 3.63) is 216 Å². The van der Waals surface area contributed by atoms with E-state index in [-0.39, 0.29) is 12.5 Å². The van der Waals surface area contributed by atoms with E-state index in [1.54, 1.807) is 6.20 Å². The maximum absolute atomic E-state index is 12.9. The summed E-state index contributed by atoms with van der Waals surface area (Å²) in [7, 11) is 0. The number of hydrogen-bond acceptors (Lipinski definition) is 4. The second kappa shape index (κ2) is 15.4. The van der Waals surface area contributed by atoms with Crippen molar-refractivity contribution in [2.24, 2.45) is 0 Å². The van der Waals surface area contributed by atoms with Gasteiger partial charge < -0.3 is 10.1 Å². The smallest absolute Gasteiger partial charge is 0.262 e. The largest absolute Gasteiger partial charge is 0.481 e. The van der Waals surface area contributed by atoms with Crippen LogP contribution in [0.4, 0.5) is 5.69 Å². The normalized spacial score (nSPS) is 11.1. The van der Waals surface area contributed by atoms with E-state index in [2.05, 4.69) is 132 Å². The van der Waals surface area contributed by atoms with Crippen LogP contribution in [-0.4, -0.2) is 22.5 Å². The Kier molecular flexibility index (Phi) is 9.62. The molecule has 1 N–H and O–H groups in total. The van der Waals surface area contributed by atoms with Crippen molar-refractivity contribution < 1.29 is 9.53 Å². The van der Waals surface area contributed by atoms with E-state index in [4.69, 9.17) is 9.72 Å². The molecule has 6 aromatic carbocycles. The van der Waals surface area contributed by atoms with Crippen molar-refractivity contribution in [2.45, 2.75) is 0 Å². The van der Waals surface area contributed by atoms with Crippen LogP contribution in [0.25, 0.3) is 45.1 Å². The van der Waals surface area contributed by atoms with Crippen molar-refractivity contribution in [3.8, 4) is 5.75 Å². The fourth-order valence-corrected chi connectivity index (χ4v) is 6.55. The summed E-state index contributed by atoms with van der Waals surface area (Å²) in [5.41, 5.74) is 10.9. The number of nitrogens with one attached hydrogen (secondary N) is 1. The predicted octanol–water partition coefficient (Wildman–Crippen LogP) is 11.0. The highest BCUT2D eigenvalue weighted by atomic mass is 16.5. The zero-order valence-corrected chi connectivity index (χ0v) is 28.9. The summed E-state index contributed by atoms with van der Waals surface area (Å²) in [6.07, 6.45) is 5.78. The highest BCUT2D eigenvalue weighted by molar-refractivity contribution is 6.05. The molecule has 0 atom stereocenters. The van der Waals surface area contributed by atoms with Crippen LogP contribution in [0.15, 0.2) is 182 Å². The van der Waals surface area contributed by atoms with Crippen LogP contribution in [0.5, 0.6) is 5.75 Å². The van der Waals surface area contributed by atoms with Gasteiger partial charge in [0.1, 0.15) is 11.3 Å². The minimum Gasteiger partial charge on any atom is -0.481 e. The zero-order valence-electron chi connectivity index (χ0n) is 28.9. The number of carbonyl (C=O) groups excluding carboxylic acids is 1. The fourth-order valence-electron chi connectivity index (χ4n) is 6.55. The molecular weight excluding hydrogens is 651 g/mol. The summed E-state index contributed by atoms with van der Waals surface area (Å²) in [5, 5.41) is 4.82. The average Bonchev–Trinajstić information content (AvgIpc) is 3.22. The molecule has 0 unspecified atom stereocenters. The number of nitrogens with zero attached hydrogens (tertiary/aromatic N) is 2. The van der Waals surface area contributed by atoms with Gasteiger partial charge in [-0.15, -0.1) is 0 Å². The second-order valence-electron chi connectivity index (χ2n) is 12.6. The van der Waals surface area contributed by atoms with Gasteiger partial charge in [-0.3, -0.25) is 9.78 Å². The molecule has 8 rings (SSSR count). The third-order valence-electron chi connectivity index (χ3n) is 9.05. The Morgan fingerprint density at radius 1 is 0.528 bits per heavy atom. The van der Waals surface area contributed by atoms with E-state index in [0.29, 0.717) is 17.0 Å². The number of fused-ring (bicyclic) bond motifs is 2. The van der Waals surface area contributed by atoms with Crippen LogP contribution in [0.1, 0.15) is 33.5 Å². The zero-order chi connectivity index (χ0) is 35.8. The molecule has 0 spiro atoms. The van der Waals surface area contributed by atoms with E-state index < -0.39 is 0 Å². The van der Waals surface area contributed by atoms with E-state index in [0.717, 1.165) is 49.8 Å². The molecule has 2 aromatic heterocycles. The highest BCUT2D eigenvalue weighted by Gasteiger charge is 2.16. The Labute approximate surface area is 308 Å². The molecule has 254 valence electrons. The van der Waals surface area contributed by atoms with Gasteiger partial charge in [-0.1, -0.05) is 158 Å². The summed E-state index contributed by atoms with van der Waals surface area (Å²) in [6.45, 7) is -0.161. The Balaban J connectivity index is 1.05. The molecule has 5 nitrogen and oxygen atoms in total. The first-order valence-electron chi connectivity index (χ1n) is 17.5. The van der Waals surface area contributed by atoms with Crippen LogP contribution < -0.4 is 10.1 Å². The molecule has 0 radical (unpaired) electrons. The number of aromatic nitrogens is 2. The van der Waals surface area contributed by atoms with Gasteiger partial charge in [0.2, 0.25) is 0 Å². The van der Waals surface area contributed by atoms with Crippen molar-refractivity contribution in [3.63, 3.8) is 0 Å². The Morgan fingerprint density at radius 2 is 1.09 bits per heavy atom. The molecule has 53 heavy (non-hydrogen) atoms. The number of ether oxygens (including phenoxy) is 1. The number of pyridine rings is 2. The monoisotopic (exact) mass is 685 g/mol. The number of carbonyl (C=O) groups is 1. The Hall–Kier alpha value is -7.11. The molecule has 0 saturated carbocycles. The average molecular weight is 686 g/mol. The first-order valence-corrected chi connectivity index (χ1v) is 17.5. The van der Waals surface area contributed by atoms with Crippen molar-refractivity contribution in [1.82, 2.24) is 9.97 Å². The van der Waals surface area contributed by atoms with Gasteiger partial charge in [-0.25, -0.2) is 4.98 Å². The molecule has 0 aliphatic rings. The van der Waals surface area contributed by atoms with Gasteiger partial charge in [0.05, 0.1) is 16.9 Å². The first kappa shape index (κ1) is 33.1. The topological polar surface area (TPSA) is 64.1 Å². The SMILES string of the molecule is O=C(COc1cccc2ccc(/C=C/c3ccc(C(=C(c4ccccc4)c4ccccc4)c4ccccc4)cc3)nc12)Nc1cccc2cccnc12. The van der Waals surface area contributed by atoms with Crippen LogP contribution in [0.2, 0.25) is 0 Å². The third kappa shape index (κ3) is 7.51. The summed E-state index contributed by atoms with van der Waals surface area (Å²) in [5.74, 6) is 0.269. The molecule has 8 aromatic rings. The number of anilines is 1. The predicted molar refractivity (Wildman–Crippen MR) is 217 cm³/mol. The number of para-hydroxylation sites is 2. The molecule has 0 saturated heterocycles. The van der Waals surface area contributed by atoms with Gasteiger partial charge in [-0.2, -0.15) is 0 Å². The summed E-state index contributed by atoms with van der Waals surface area (Å²) < 4.78 is 6.01. The second-order valence-corrected chi connectivity index (χ2v) is 12.6. The van der Waals surface area contributed by atoms with Gasteiger partial charge >= 0.3 is 0 Å². The number of rotatable bonds is 10. The Morgan fingerprint density at radius 3 is 1.74 bits per heavy atom. The molecule has 0 fully saturated rings. The minimum atomic E-state index is -0.274. The van der Waals surface area contributed by atoms with Crippen LogP contribution >= 0.6 is 0 Å². The van der Waals surface area contributed by atoms with Crippen LogP contribution in [-0.2, 0) is 4.79 Å². The van der Waals surface area contributed by atoms with Gasteiger partial charge in [0.15, 0.2) is 6.61 Å². The third-order valence-corrected chi connectivity index (χ3v) is 9.05. The lowest BCUT2D eigenvalue weighted by Gasteiger charge is -2.18. The molecular formula is C48H35N3O2. The molecule has 1 amide bonds. The molecule has 0 aliphatic carbocycles. The summed E-state index contributed by atoms with van der Waals surface area (Å²) in [4.78, 5) is 22.3. The van der Waals surface area contributed by atoms with Crippen LogP contribution in [0.3, 0.4) is 0 Å². The van der Waals surface area contributed by atoms with Gasteiger partial charge in [0, 0.05) is 17.0 Å². The standard InChI is InChI=1S/C48H35N3O2/c52-44(51-42-22-10-19-39-21-12-32-49-47(39)42)33-53-43-23-11-20-40-29-31-41(50-48(40)43)30-26-34-24-27-38(28-25-34)46(37-17-8-3-9-18-37)45(35-13-4-1-5-14-35)36-15-6-2-7-16-36/h1-32H,33H2,(H,51,52)/b30-26+. The maximum atomic E-state index is 12.9. The lowest BCUT2D eigenvalue weighted by molar-refractivity contribution is -0.118. The van der Waals surface area contributed by atoms with E-state index in [1.807, 2.05) is 66.7 Å². The molecule has 2 heterocycles. The fraction of sp³-hybridized carbons (Fsp3) is 0.0208. The number of hydrogen-bond donors (Lipinski definition) is 1. The molecule has 5 heteroatoms. The van der Waals surface area contributed by atoms with E-state index in [1.165, 1.54) is 11.1 Å². The number of amides is 1. The van der Waals surface area contributed by atoms with Crippen LogP contribution in [0, 0.1) is 0 Å². The van der Waals surface area contributed by atoms with E-state index in [9.17, 15) is 4.79 Å². The van der Waals surface area contributed by atoms with Crippen molar-refractivity contribution in [2.75, 3.05) is 11.9 Å². The maximum Gasteiger partial charge on any atom is 0.262 e. The van der Waals surface area contributed by atoms with Crippen molar-refractivity contribution >= 4 is 56.7 Å².